The summed E-state index contributed by atoms with van der Waals surface area (Å²) in [5.41, 5.74) is 6.34. The lowest BCUT2D eigenvalue weighted by atomic mass is 10.3. The molecule has 11 heavy (non-hydrogen) atoms. The Kier molecular flexibility index (Phi) is 3.54. The van der Waals surface area contributed by atoms with Gasteiger partial charge in [0.15, 0.2) is 0 Å². The maximum absolute atomic E-state index is 5.80. The summed E-state index contributed by atoms with van der Waals surface area (Å²) in [5, 5.41) is 0.729. The second-order valence-corrected chi connectivity index (χ2v) is 3.68. The highest BCUT2D eigenvalue weighted by Gasteiger charge is 1.97. The van der Waals surface area contributed by atoms with E-state index < -0.39 is 0 Å². The highest BCUT2D eigenvalue weighted by atomic mass is 127. The molecule has 0 fully saturated rings. The van der Waals surface area contributed by atoms with Gasteiger partial charge in [-0.1, -0.05) is 11.6 Å². The summed E-state index contributed by atoms with van der Waals surface area (Å²) in [7, 11) is 0. The first-order chi connectivity index (χ1) is 5.22. The van der Waals surface area contributed by atoms with Gasteiger partial charge in [0.2, 0.25) is 0 Å². The van der Waals surface area contributed by atoms with Crippen LogP contribution in [0.15, 0.2) is 12.1 Å². The molecule has 0 aliphatic carbocycles. The van der Waals surface area contributed by atoms with Gasteiger partial charge in [-0.2, -0.15) is 0 Å². The van der Waals surface area contributed by atoms with Crippen LogP contribution in [0, 0.1) is 3.70 Å². The van der Waals surface area contributed by atoms with Crippen LogP contribution >= 0.6 is 34.2 Å². The van der Waals surface area contributed by atoms with Crippen molar-refractivity contribution in [2.45, 2.75) is 6.42 Å². The van der Waals surface area contributed by atoms with Gasteiger partial charge < -0.3 is 5.73 Å². The molecule has 0 aliphatic rings. The average molecular weight is 283 g/mol. The minimum atomic E-state index is 0.615. The van der Waals surface area contributed by atoms with E-state index in [2.05, 4.69) is 27.6 Å². The molecule has 0 amide bonds. The van der Waals surface area contributed by atoms with Crippen molar-refractivity contribution in [3.05, 3.63) is 26.5 Å². The molecule has 0 bridgehead atoms. The molecule has 0 radical (unpaired) electrons. The molecule has 0 aliphatic heterocycles. The molecular weight excluding hydrogens is 274 g/mol. The second kappa shape index (κ2) is 4.23. The minimum absolute atomic E-state index is 0.615. The molecule has 4 heteroatoms. The lowest BCUT2D eigenvalue weighted by Gasteiger charge is -1.98. The van der Waals surface area contributed by atoms with Gasteiger partial charge in [-0.3, -0.25) is 0 Å². The fraction of sp³-hybridized carbons (Fsp3) is 0.286. The summed E-state index contributed by atoms with van der Waals surface area (Å²) in [6, 6.07) is 3.67. The van der Waals surface area contributed by atoms with Crippen molar-refractivity contribution in [1.29, 1.82) is 0 Å². The van der Waals surface area contributed by atoms with E-state index in [9.17, 15) is 0 Å². The fourth-order valence-electron chi connectivity index (χ4n) is 0.792. The third kappa shape index (κ3) is 2.92. The zero-order valence-electron chi connectivity index (χ0n) is 5.85. The largest absolute Gasteiger partial charge is 0.330 e. The van der Waals surface area contributed by atoms with E-state index in [1.54, 1.807) is 0 Å². The fourth-order valence-corrected chi connectivity index (χ4v) is 1.85. The Morgan fingerprint density at radius 2 is 2.27 bits per heavy atom. The zero-order valence-corrected chi connectivity index (χ0v) is 8.76. The molecule has 0 aromatic carbocycles. The van der Waals surface area contributed by atoms with Gasteiger partial charge in [-0.05, 0) is 41.3 Å². The Bertz CT molecular complexity index is 232. The third-order valence-electron chi connectivity index (χ3n) is 1.21. The summed E-state index contributed by atoms with van der Waals surface area (Å²) in [4.78, 5) is 4.25. The monoisotopic (exact) mass is 282 g/mol. The number of pyridine rings is 1. The van der Waals surface area contributed by atoms with Crippen LogP contribution in [0.25, 0.3) is 0 Å². The quantitative estimate of drug-likeness (QED) is 0.664. The van der Waals surface area contributed by atoms with Crippen molar-refractivity contribution in [2.24, 2.45) is 5.73 Å². The van der Waals surface area contributed by atoms with E-state index in [0.717, 1.165) is 20.8 Å². The Balaban J connectivity index is 2.89. The lowest BCUT2D eigenvalue weighted by molar-refractivity contribution is 0.917. The van der Waals surface area contributed by atoms with Gasteiger partial charge in [0, 0.05) is 17.1 Å². The summed E-state index contributed by atoms with van der Waals surface area (Å²) in [6.45, 7) is 0.615. The van der Waals surface area contributed by atoms with Crippen LogP contribution in [0.3, 0.4) is 0 Å². The number of rotatable bonds is 2. The van der Waals surface area contributed by atoms with Crippen LogP contribution in [0.4, 0.5) is 0 Å². The Morgan fingerprint density at radius 3 is 2.82 bits per heavy atom. The van der Waals surface area contributed by atoms with Crippen LogP contribution in [0.5, 0.6) is 0 Å². The van der Waals surface area contributed by atoms with Crippen LogP contribution in [-0.2, 0) is 6.42 Å². The van der Waals surface area contributed by atoms with Gasteiger partial charge in [0.25, 0.3) is 0 Å². The molecule has 1 aromatic rings. The molecule has 1 rings (SSSR count). The van der Waals surface area contributed by atoms with E-state index in [0.29, 0.717) is 6.54 Å². The van der Waals surface area contributed by atoms with E-state index in [1.807, 2.05) is 12.1 Å². The molecule has 0 spiro atoms. The summed E-state index contributed by atoms with van der Waals surface area (Å²) in [6.07, 6.45) is 0.788. The molecule has 0 atom stereocenters. The standard InChI is InChI=1S/C7H8ClIN2/c8-5-3-6(1-2-10)11-7(9)4-5/h3-4H,1-2,10H2. The third-order valence-corrected chi connectivity index (χ3v) is 1.98. The van der Waals surface area contributed by atoms with Crippen LogP contribution in [0.1, 0.15) is 5.69 Å². The molecule has 0 saturated carbocycles. The van der Waals surface area contributed by atoms with Crippen LogP contribution in [-0.4, -0.2) is 11.5 Å². The van der Waals surface area contributed by atoms with Crippen molar-refractivity contribution in [3.8, 4) is 0 Å². The molecule has 1 aromatic heterocycles. The predicted molar refractivity (Wildman–Crippen MR) is 54.7 cm³/mol. The Labute approximate surface area is 84.3 Å². The Morgan fingerprint density at radius 1 is 1.55 bits per heavy atom. The van der Waals surface area contributed by atoms with Gasteiger partial charge in [-0.15, -0.1) is 0 Å². The topological polar surface area (TPSA) is 38.9 Å². The van der Waals surface area contributed by atoms with Gasteiger partial charge >= 0.3 is 0 Å². The number of hydrogen-bond acceptors (Lipinski definition) is 2. The molecule has 0 unspecified atom stereocenters. The molecule has 60 valence electrons. The number of aromatic nitrogens is 1. The highest BCUT2D eigenvalue weighted by molar-refractivity contribution is 14.1. The zero-order chi connectivity index (χ0) is 8.27. The van der Waals surface area contributed by atoms with E-state index in [1.165, 1.54) is 0 Å². The minimum Gasteiger partial charge on any atom is -0.330 e. The number of halogens is 2. The molecular formula is C7H8ClIN2. The maximum Gasteiger partial charge on any atom is 0.103 e. The summed E-state index contributed by atoms with van der Waals surface area (Å²) < 4.78 is 0.915. The van der Waals surface area contributed by atoms with E-state index in [-0.39, 0.29) is 0 Å². The van der Waals surface area contributed by atoms with E-state index in [4.69, 9.17) is 17.3 Å². The van der Waals surface area contributed by atoms with Crippen molar-refractivity contribution in [3.63, 3.8) is 0 Å². The first-order valence-electron chi connectivity index (χ1n) is 3.24. The Hall–Kier alpha value is 0.130. The number of nitrogens with zero attached hydrogens (tertiary/aromatic N) is 1. The second-order valence-electron chi connectivity index (χ2n) is 2.14. The SMILES string of the molecule is NCCc1cc(Cl)cc(I)n1. The summed E-state index contributed by atoms with van der Waals surface area (Å²) in [5.74, 6) is 0. The number of nitrogens with two attached hydrogens (primary N) is 1. The predicted octanol–water partition coefficient (Wildman–Crippen LogP) is 1.84. The van der Waals surface area contributed by atoms with Crippen molar-refractivity contribution in [1.82, 2.24) is 4.98 Å². The van der Waals surface area contributed by atoms with Crippen molar-refractivity contribution < 1.29 is 0 Å². The highest BCUT2D eigenvalue weighted by Crippen LogP contribution is 2.13. The van der Waals surface area contributed by atoms with Gasteiger partial charge in [-0.25, -0.2) is 4.98 Å². The molecule has 2 nitrogen and oxygen atoms in total. The van der Waals surface area contributed by atoms with E-state index >= 15 is 0 Å². The normalized spacial score (nSPS) is 10.1. The van der Waals surface area contributed by atoms with Gasteiger partial charge in [0.05, 0.1) is 0 Å². The first-order valence-corrected chi connectivity index (χ1v) is 4.70. The van der Waals surface area contributed by atoms with Crippen LogP contribution < -0.4 is 5.73 Å². The maximum atomic E-state index is 5.80. The number of hydrogen-bond donors (Lipinski definition) is 1. The first kappa shape index (κ1) is 9.22. The molecule has 1 heterocycles. The van der Waals surface area contributed by atoms with Crippen molar-refractivity contribution >= 4 is 34.2 Å². The molecule has 0 saturated heterocycles. The van der Waals surface area contributed by atoms with Crippen molar-refractivity contribution in [2.75, 3.05) is 6.54 Å². The van der Waals surface area contributed by atoms with Gasteiger partial charge in [0.1, 0.15) is 3.70 Å². The average Bonchev–Trinajstić information content (AvgIpc) is 1.85. The smallest absolute Gasteiger partial charge is 0.103 e. The summed E-state index contributed by atoms with van der Waals surface area (Å²) >= 11 is 7.93. The van der Waals surface area contributed by atoms with Crippen LogP contribution in [0.2, 0.25) is 5.02 Å². The lowest BCUT2D eigenvalue weighted by Crippen LogP contribution is -2.04. The molecule has 2 N–H and O–H groups in total.